The van der Waals surface area contributed by atoms with E-state index in [4.69, 9.17) is 5.73 Å². The lowest BCUT2D eigenvalue weighted by molar-refractivity contribution is -0.122. The third-order valence-electron chi connectivity index (χ3n) is 2.75. The number of carbonyl (C=O) groups excluding carboxylic acids is 1. The summed E-state index contributed by atoms with van der Waals surface area (Å²) in [5.74, 6) is -0.479. The van der Waals surface area contributed by atoms with Crippen LogP contribution in [0.15, 0.2) is 30.3 Å². The van der Waals surface area contributed by atoms with Gasteiger partial charge < -0.3 is 11.1 Å². The molecule has 1 amide bonds. The van der Waals surface area contributed by atoms with Crippen LogP contribution in [-0.4, -0.2) is 39.4 Å². The Kier molecular flexibility index (Phi) is 5.98. The zero-order valence-corrected chi connectivity index (χ0v) is 11.8. The van der Waals surface area contributed by atoms with Crippen LogP contribution in [0.3, 0.4) is 0 Å². The largest absolute Gasteiger partial charge is 0.355 e. The zero-order chi connectivity index (χ0) is 14.3. The maximum Gasteiger partial charge on any atom is 0.228 e. The van der Waals surface area contributed by atoms with E-state index >= 15 is 0 Å². The number of nitrogens with one attached hydrogen (secondary N) is 1. The van der Waals surface area contributed by atoms with Crippen LogP contribution in [-0.2, 0) is 14.6 Å². The molecule has 0 saturated carbocycles. The minimum atomic E-state index is -2.98. The van der Waals surface area contributed by atoms with Gasteiger partial charge in [0, 0.05) is 19.3 Å². The first-order chi connectivity index (χ1) is 8.94. The lowest BCUT2D eigenvalue weighted by Gasteiger charge is -2.15. The maximum atomic E-state index is 12.0. The average Bonchev–Trinajstić information content (AvgIpc) is 2.36. The molecule has 1 atom stereocenters. The van der Waals surface area contributed by atoms with E-state index in [9.17, 15) is 13.2 Å². The normalized spacial score (nSPS) is 12.9. The summed E-state index contributed by atoms with van der Waals surface area (Å²) in [6, 6.07) is 9.30. The Morgan fingerprint density at radius 3 is 2.47 bits per heavy atom. The van der Waals surface area contributed by atoms with Gasteiger partial charge in [-0.1, -0.05) is 30.3 Å². The summed E-state index contributed by atoms with van der Waals surface area (Å²) < 4.78 is 21.9. The van der Waals surface area contributed by atoms with Crippen LogP contribution in [0.5, 0.6) is 0 Å². The Balaban J connectivity index is 2.47. The van der Waals surface area contributed by atoms with E-state index in [1.54, 1.807) is 0 Å². The molecule has 0 aliphatic heterocycles. The molecule has 0 saturated heterocycles. The number of hydrogen-bond donors (Lipinski definition) is 2. The molecule has 1 rings (SSSR count). The molecule has 1 unspecified atom stereocenters. The van der Waals surface area contributed by atoms with Gasteiger partial charge in [0.25, 0.3) is 0 Å². The molecule has 0 spiro atoms. The maximum absolute atomic E-state index is 12.0. The summed E-state index contributed by atoms with van der Waals surface area (Å²) >= 11 is 0. The molecule has 0 heterocycles. The van der Waals surface area contributed by atoms with E-state index in [0.717, 1.165) is 5.56 Å². The molecule has 0 radical (unpaired) electrons. The molecule has 6 heteroatoms. The highest BCUT2D eigenvalue weighted by Crippen LogP contribution is 2.13. The average molecular weight is 284 g/mol. The van der Waals surface area contributed by atoms with Crippen molar-refractivity contribution < 1.29 is 13.2 Å². The van der Waals surface area contributed by atoms with Gasteiger partial charge in [-0.2, -0.15) is 0 Å². The highest BCUT2D eigenvalue weighted by Gasteiger charge is 2.18. The summed E-state index contributed by atoms with van der Waals surface area (Å²) in [7, 11) is -2.98. The standard InChI is InChI=1S/C13H20N2O3S/c1-19(17,18)9-5-8-15-13(16)12(10-14)11-6-3-2-4-7-11/h2-4,6-7,12H,5,8-10,14H2,1H3,(H,15,16). The van der Waals surface area contributed by atoms with Crippen LogP contribution in [0.25, 0.3) is 0 Å². The van der Waals surface area contributed by atoms with E-state index in [0.29, 0.717) is 13.0 Å². The van der Waals surface area contributed by atoms with Gasteiger partial charge in [-0.3, -0.25) is 4.79 Å². The molecule has 0 aliphatic carbocycles. The summed E-state index contributed by atoms with van der Waals surface area (Å²) in [5, 5.41) is 2.72. The number of sulfone groups is 1. The minimum Gasteiger partial charge on any atom is -0.355 e. The van der Waals surface area contributed by atoms with Crippen molar-refractivity contribution >= 4 is 15.7 Å². The van der Waals surface area contributed by atoms with Crippen LogP contribution in [0.4, 0.5) is 0 Å². The lowest BCUT2D eigenvalue weighted by atomic mass is 9.98. The molecule has 0 bridgehead atoms. The lowest BCUT2D eigenvalue weighted by Crippen LogP contribution is -2.34. The molecule has 0 fully saturated rings. The van der Waals surface area contributed by atoms with E-state index in [1.807, 2.05) is 30.3 Å². The van der Waals surface area contributed by atoms with Gasteiger partial charge in [-0.25, -0.2) is 8.42 Å². The fraction of sp³-hybridized carbons (Fsp3) is 0.462. The highest BCUT2D eigenvalue weighted by molar-refractivity contribution is 7.90. The first-order valence-electron chi connectivity index (χ1n) is 6.14. The van der Waals surface area contributed by atoms with Crippen molar-refractivity contribution in [1.29, 1.82) is 0 Å². The van der Waals surface area contributed by atoms with E-state index in [-0.39, 0.29) is 24.1 Å². The fourth-order valence-electron chi connectivity index (χ4n) is 1.75. The zero-order valence-electron chi connectivity index (χ0n) is 11.0. The molecule has 1 aromatic carbocycles. The molecular weight excluding hydrogens is 264 g/mol. The van der Waals surface area contributed by atoms with Gasteiger partial charge in [-0.15, -0.1) is 0 Å². The summed E-state index contributed by atoms with van der Waals surface area (Å²) in [4.78, 5) is 12.0. The predicted octanol–water partition coefficient (Wildman–Crippen LogP) is 0.280. The molecule has 106 valence electrons. The molecular formula is C13H20N2O3S. The first-order valence-corrected chi connectivity index (χ1v) is 8.20. The van der Waals surface area contributed by atoms with Crippen molar-refractivity contribution in [1.82, 2.24) is 5.32 Å². The van der Waals surface area contributed by atoms with Crippen molar-refractivity contribution in [2.75, 3.05) is 25.1 Å². The number of hydrogen-bond acceptors (Lipinski definition) is 4. The second kappa shape index (κ2) is 7.25. The van der Waals surface area contributed by atoms with E-state index in [1.165, 1.54) is 6.26 Å². The predicted molar refractivity (Wildman–Crippen MR) is 75.6 cm³/mol. The molecule has 19 heavy (non-hydrogen) atoms. The second-order valence-corrected chi connectivity index (χ2v) is 6.73. The molecule has 1 aromatic rings. The number of rotatable bonds is 7. The second-order valence-electron chi connectivity index (χ2n) is 4.47. The summed E-state index contributed by atoms with van der Waals surface area (Å²) in [5.41, 5.74) is 6.49. The van der Waals surface area contributed by atoms with Gasteiger partial charge in [-0.05, 0) is 12.0 Å². The van der Waals surface area contributed by atoms with Crippen LogP contribution >= 0.6 is 0 Å². The van der Waals surface area contributed by atoms with Crippen molar-refractivity contribution in [3.63, 3.8) is 0 Å². The van der Waals surface area contributed by atoms with Gasteiger partial charge in [0.15, 0.2) is 0 Å². The summed E-state index contributed by atoms with van der Waals surface area (Å²) in [6.45, 7) is 0.567. The Bertz CT molecular complexity index is 500. The van der Waals surface area contributed by atoms with Gasteiger partial charge in [0.2, 0.25) is 5.91 Å². The minimum absolute atomic E-state index is 0.0753. The van der Waals surface area contributed by atoms with Crippen molar-refractivity contribution in [2.45, 2.75) is 12.3 Å². The molecule has 5 nitrogen and oxygen atoms in total. The van der Waals surface area contributed by atoms with Crippen LogP contribution < -0.4 is 11.1 Å². The van der Waals surface area contributed by atoms with Gasteiger partial charge >= 0.3 is 0 Å². The summed E-state index contributed by atoms with van der Waals surface area (Å²) in [6.07, 6.45) is 1.60. The Hall–Kier alpha value is -1.40. The van der Waals surface area contributed by atoms with Gasteiger partial charge in [0.1, 0.15) is 9.84 Å². The Morgan fingerprint density at radius 1 is 1.32 bits per heavy atom. The SMILES string of the molecule is CS(=O)(=O)CCCNC(=O)C(CN)c1ccccc1. The molecule has 0 aliphatic rings. The molecule has 3 N–H and O–H groups in total. The Morgan fingerprint density at radius 2 is 1.95 bits per heavy atom. The van der Waals surface area contributed by atoms with E-state index < -0.39 is 9.84 Å². The number of carbonyl (C=O) groups is 1. The fourth-order valence-corrected chi connectivity index (χ4v) is 2.42. The molecule has 0 aromatic heterocycles. The number of benzene rings is 1. The van der Waals surface area contributed by atoms with Crippen LogP contribution in [0.1, 0.15) is 17.9 Å². The van der Waals surface area contributed by atoms with Gasteiger partial charge in [0.05, 0.1) is 11.7 Å². The third kappa shape index (κ3) is 5.85. The number of amides is 1. The Labute approximate surface area is 114 Å². The monoisotopic (exact) mass is 284 g/mol. The van der Waals surface area contributed by atoms with Crippen molar-refractivity contribution in [2.24, 2.45) is 5.73 Å². The topological polar surface area (TPSA) is 89.3 Å². The van der Waals surface area contributed by atoms with Crippen LogP contribution in [0, 0.1) is 0 Å². The first kappa shape index (κ1) is 15.7. The van der Waals surface area contributed by atoms with Crippen molar-refractivity contribution in [3.05, 3.63) is 35.9 Å². The highest BCUT2D eigenvalue weighted by atomic mass is 32.2. The quantitative estimate of drug-likeness (QED) is 0.704. The third-order valence-corrected chi connectivity index (χ3v) is 3.78. The van der Waals surface area contributed by atoms with E-state index in [2.05, 4.69) is 5.32 Å². The van der Waals surface area contributed by atoms with Crippen molar-refractivity contribution in [3.8, 4) is 0 Å². The van der Waals surface area contributed by atoms with Crippen LogP contribution in [0.2, 0.25) is 0 Å². The number of nitrogens with two attached hydrogens (primary N) is 1. The smallest absolute Gasteiger partial charge is 0.228 e.